The van der Waals surface area contributed by atoms with Crippen molar-refractivity contribution in [2.75, 3.05) is 26.4 Å². The van der Waals surface area contributed by atoms with Gasteiger partial charge in [-0.25, -0.2) is 9.59 Å². The second kappa shape index (κ2) is 15.7. The van der Waals surface area contributed by atoms with Crippen LogP contribution in [0.5, 0.6) is 11.5 Å². The fraction of sp³-hybridized carbons (Fsp3) is 0.550. The van der Waals surface area contributed by atoms with Gasteiger partial charge in [-0.3, -0.25) is 0 Å². The summed E-state index contributed by atoms with van der Waals surface area (Å²) in [7, 11) is 0. The molecule has 0 saturated carbocycles. The zero-order chi connectivity index (χ0) is 36.8. The number of benzene rings is 2. The monoisotopic (exact) mass is 666 g/mol. The highest BCUT2D eigenvalue weighted by atomic mass is 16.5. The molecule has 0 amide bonds. The van der Waals surface area contributed by atoms with Crippen LogP contribution < -0.4 is 0 Å². The van der Waals surface area contributed by atoms with E-state index in [0.717, 1.165) is 22.3 Å². The van der Waals surface area contributed by atoms with E-state index in [9.17, 15) is 30.0 Å². The quantitative estimate of drug-likeness (QED) is 0.123. The zero-order valence-corrected chi connectivity index (χ0v) is 31.1. The van der Waals surface area contributed by atoms with E-state index >= 15 is 0 Å². The zero-order valence-electron chi connectivity index (χ0n) is 31.1. The molecule has 266 valence electrons. The first kappa shape index (κ1) is 40.6. The maximum Gasteiger partial charge on any atom is 0.331 e. The van der Waals surface area contributed by atoms with Crippen molar-refractivity contribution < 1.29 is 39.5 Å². The summed E-state index contributed by atoms with van der Waals surface area (Å²) in [6.07, 6.45) is 3.62. The van der Waals surface area contributed by atoms with Crippen LogP contribution in [0.25, 0.3) is 12.2 Å². The number of hydrogen-bond acceptors (Lipinski definition) is 6. The Morgan fingerprint density at radius 3 is 0.979 bits per heavy atom. The van der Waals surface area contributed by atoms with Crippen molar-refractivity contribution in [2.45, 2.75) is 118 Å². The second-order valence-corrected chi connectivity index (χ2v) is 16.6. The number of aromatic hydroxyl groups is 2. The molecule has 0 spiro atoms. The predicted molar refractivity (Wildman–Crippen MR) is 193 cm³/mol. The topological polar surface area (TPSA) is 134 Å². The number of phenols is 2. The molecule has 4 N–H and O–H groups in total. The summed E-state index contributed by atoms with van der Waals surface area (Å²) in [5.74, 6) is -1.60. The number of carboxylic acid groups (broad SMARTS) is 2. The SMILES string of the molecule is CC(C)(C)c1cc(C=C(CCOCCOCCC(=Cc2cc(C(C)(C)C)c(O)c(C(C)(C)C)c2)C(=O)O)C(=O)O)cc(C(C)(C)C)c1O. The van der Waals surface area contributed by atoms with Crippen molar-refractivity contribution in [3.05, 3.63) is 68.8 Å². The predicted octanol–water partition coefficient (Wildman–Crippen LogP) is 8.74. The van der Waals surface area contributed by atoms with E-state index in [2.05, 4.69) is 0 Å². The van der Waals surface area contributed by atoms with E-state index in [-0.39, 0.29) is 83.6 Å². The lowest BCUT2D eigenvalue weighted by Gasteiger charge is -2.28. The van der Waals surface area contributed by atoms with Crippen molar-refractivity contribution in [3.63, 3.8) is 0 Å². The third-order valence-corrected chi connectivity index (χ3v) is 8.13. The first-order valence-electron chi connectivity index (χ1n) is 16.6. The summed E-state index contributed by atoms with van der Waals surface area (Å²) in [5, 5.41) is 41.7. The highest BCUT2D eigenvalue weighted by Gasteiger charge is 2.28. The molecular weight excluding hydrogens is 608 g/mol. The van der Waals surface area contributed by atoms with Gasteiger partial charge in [0.15, 0.2) is 0 Å². The van der Waals surface area contributed by atoms with Crippen LogP contribution in [0.2, 0.25) is 0 Å². The molecule has 0 bridgehead atoms. The van der Waals surface area contributed by atoms with Crippen molar-refractivity contribution in [3.8, 4) is 11.5 Å². The van der Waals surface area contributed by atoms with Gasteiger partial charge < -0.3 is 29.9 Å². The minimum atomic E-state index is -1.04. The first-order valence-corrected chi connectivity index (χ1v) is 16.6. The van der Waals surface area contributed by atoms with Crippen molar-refractivity contribution in [1.82, 2.24) is 0 Å². The molecule has 2 aromatic rings. The Hall–Kier alpha value is -3.62. The van der Waals surface area contributed by atoms with Gasteiger partial charge in [-0.05, 0) is 69.2 Å². The van der Waals surface area contributed by atoms with Crippen LogP contribution in [0, 0.1) is 0 Å². The van der Waals surface area contributed by atoms with E-state index in [0.29, 0.717) is 11.1 Å². The molecule has 48 heavy (non-hydrogen) atoms. The summed E-state index contributed by atoms with van der Waals surface area (Å²) in [6.45, 7) is 24.9. The van der Waals surface area contributed by atoms with Gasteiger partial charge in [0.25, 0.3) is 0 Å². The molecule has 0 fully saturated rings. The number of ether oxygens (including phenoxy) is 2. The summed E-state index contributed by atoms with van der Waals surface area (Å²) in [5.41, 5.74) is 3.49. The van der Waals surface area contributed by atoms with Gasteiger partial charge in [0, 0.05) is 46.2 Å². The van der Waals surface area contributed by atoms with Crippen molar-refractivity contribution in [1.29, 1.82) is 0 Å². The van der Waals surface area contributed by atoms with Gasteiger partial charge in [0.1, 0.15) is 11.5 Å². The molecule has 0 aliphatic heterocycles. The average molecular weight is 667 g/mol. The third-order valence-electron chi connectivity index (χ3n) is 8.13. The van der Waals surface area contributed by atoms with Crippen LogP contribution in [0.1, 0.15) is 129 Å². The fourth-order valence-corrected chi connectivity index (χ4v) is 5.34. The molecule has 0 atom stereocenters. The Labute approximate surface area is 287 Å². The molecule has 0 radical (unpaired) electrons. The lowest BCUT2D eigenvalue weighted by Crippen LogP contribution is -2.17. The largest absolute Gasteiger partial charge is 0.507 e. The molecule has 2 rings (SSSR count). The summed E-state index contributed by atoms with van der Waals surface area (Å²) < 4.78 is 11.3. The van der Waals surface area contributed by atoms with Crippen LogP contribution in [0.3, 0.4) is 0 Å². The molecular formula is C40H58O8. The molecule has 0 aliphatic rings. The normalized spacial score (nSPS) is 13.6. The maximum absolute atomic E-state index is 12.1. The fourth-order valence-electron chi connectivity index (χ4n) is 5.34. The molecule has 2 aromatic carbocycles. The third kappa shape index (κ3) is 11.5. The van der Waals surface area contributed by atoms with Gasteiger partial charge in [0.2, 0.25) is 0 Å². The Kier molecular flexibility index (Phi) is 13.3. The van der Waals surface area contributed by atoms with E-state index in [1.54, 1.807) is 12.2 Å². The smallest absolute Gasteiger partial charge is 0.331 e. The Balaban J connectivity index is 2.05. The van der Waals surface area contributed by atoms with Gasteiger partial charge in [-0.2, -0.15) is 0 Å². The molecule has 0 saturated heterocycles. The molecule has 0 aromatic heterocycles. The van der Waals surface area contributed by atoms with Gasteiger partial charge >= 0.3 is 11.9 Å². The van der Waals surface area contributed by atoms with E-state index in [1.807, 2.05) is 107 Å². The number of rotatable bonds is 13. The molecule has 8 heteroatoms. The van der Waals surface area contributed by atoms with Crippen LogP contribution in [0.15, 0.2) is 35.4 Å². The molecule has 8 nitrogen and oxygen atoms in total. The van der Waals surface area contributed by atoms with Gasteiger partial charge in [0.05, 0.1) is 26.4 Å². The average Bonchev–Trinajstić information content (AvgIpc) is 2.91. The lowest BCUT2D eigenvalue weighted by atomic mass is 9.78. The van der Waals surface area contributed by atoms with Crippen molar-refractivity contribution in [2.24, 2.45) is 0 Å². The highest BCUT2D eigenvalue weighted by Crippen LogP contribution is 2.41. The number of carbonyl (C=O) groups is 2. The summed E-state index contributed by atoms with van der Waals surface area (Å²) >= 11 is 0. The summed E-state index contributed by atoms with van der Waals surface area (Å²) in [4.78, 5) is 24.2. The minimum Gasteiger partial charge on any atom is -0.507 e. The first-order chi connectivity index (χ1) is 21.8. The molecule has 0 aliphatic carbocycles. The van der Waals surface area contributed by atoms with Gasteiger partial charge in [-0.1, -0.05) is 83.1 Å². The molecule has 0 unspecified atom stereocenters. The summed E-state index contributed by atoms with van der Waals surface area (Å²) in [6, 6.07) is 7.38. The van der Waals surface area contributed by atoms with Crippen LogP contribution >= 0.6 is 0 Å². The van der Waals surface area contributed by atoms with Crippen LogP contribution in [0.4, 0.5) is 0 Å². The molecule has 0 heterocycles. The number of carboxylic acids is 2. The Morgan fingerprint density at radius 2 is 0.771 bits per heavy atom. The Bertz CT molecular complexity index is 1330. The van der Waals surface area contributed by atoms with Crippen molar-refractivity contribution >= 4 is 24.1 Å². The van der Waals surface area contributed by atoms with E-state index in [1.165, 1.54) is 0 Å². The van der Waals surface area contributed by atoms with E-state index < -0.39 is 11.9 Å². The lowest BCUT2D eigenvalue weighted by molar-refractivity contribution is -0.133. The van der Waals surface area contributed by atoms with Gasteiger partial charge in [-0.15, -0.1) is 0 Å². The Morgan fingerprint density at radius 1 is 0.521 bits per heavy atom. The highest BCUT2D eigenvalue weighted by molar-refractivity contribution is 5.93. The van der Waals surface area contributed by atoms with E-state index in [4.69, 9.17) is 9.47 Å². The standard InChI is InChI=1S/C40H58O8/c1-37(2,3)29-21-25(22-30(33(29)41)38(4,5)6)19-27(35(43)44)13-15-47-17-18-48-16-14-28(36(45)46)20-26-23-31(39(7,8)9)34(42)32(24-26)40(10,11)12/h19-24,41-42H,13-18H2,1-12H3,(H,43,44)(H,45,46). The van der Waals surface area contributed by atoms with Crippen LogP contribution in [-0.2, 0) is 40.7 Å². The van der Waals surface area contributed by atoms with Crippen LogP contribution in [-0.4, -0.2) is 58.8 Å². The number of aliphatic carboxylic acids is 2. The number of phenolic OH excluding ortho intramolecular Hbond substituents is 2. The maximum atomic E-state index is 12.1. The second-order valence-electron chi connectivity index (χ2n) is 16.6. The number of hydrogen-bond donors (Lipinski definition) is 4. The minimum absolute atomic E-state index is 0.172.